The minimum Gasteiger partial charge on any atom is -0.462 e. The quantitative estimate of drug-likeness (QED) is 0.0336. The molecule has 2 N–H and O–H groups in total. The van der Waals surface area contributed by atoms with E-state index in [0.717, 1.165) is 283 Å². The Morgan fingerprint density at radius 1 is 0.211 bits per heavy atom. The molecule has 0 aromatic rings. The highest BCUT2D eigenvalue weighted by Crippen LogP contribution is 2.32. The Morgan fingerprint density at radius 3 is 0.617 bits per heavy atom. The van der Waals surface area contributed by atoms with Gasteiger partial charge in [-0.25, -0.2) is 0 Å². The van der Waals surface area contributed by atoms with Gasteiger partial charge in [0.25, 0.3) is 0 Å². The number of nitrogens with zero attached hydrogens (tertiary/aromatic N) is 2. The van der Waals surface area contributed by atoms with Crippen molar-refractivity contribution in [2.24, 2.45) is 10.8 Å². The van der Waals surface area contributed by atoms with Gasteiger partial charge in [0, 0.05) is 38.8 Å². The second-order valence-electron chi connectivity index (χ2n) is 41.5. The first-order chi connectivity index (χ1) is 62.3. The van der Waals surface area contributed by atoms with Gasteiger partial charge in [0.15, 0.2) is 0 Å². The molecule has 0 aromatic carbocycles. The first-order valence-corrected chi connectivity index (χ1v) is 57.1. The predicted molar refractivity (Wildman–Crippen MR) is 550 cm³/mol. The molecule has 0 aliphatic carbocycles. The molecule has 758 valence electrons. The summed E-state index contributed by atoms with van der Waals surface area (Å²) in [5.41, 5.74) is -1.02. The van der Waals surface area contributed by atoms with Crippen LogP contribution in [0.3, 0.4) is 0 Å². The molecular formula is C114H222N4O10. The van der Waals surface area contributed by atoms with Crippen LogP contribution in [-0.2, 0) is 47.7 Å². The van der Waals surface area contributed by atoms with E-state index in [0.29, 0.717) is 25.9 Å². The molecule has 0 atom stereocenters. The standard InChI is InChI=1S/C114H222N4O10/c1-13-21-29-37-47-63-81-103(82-64-48-38-30-22-14-2)125-109(121)89-71-55-45-59-75-97-117(98-76-60-46-56-72-90-110(122)126-104(83-65-49-39-31-23-15-3)84-66-50-40-32-24-16-4)101-79-95-115-107(119)91-92-108(120)116-96-80-102-118(99-77-61-57-73-93-113(9,10)111(123)127-105(85-67-51-41-33-25-17-5)86-68-52-42-34-26-18-6)100-78-62-58-74-94-114(11,12)112(124)128-106(87-69-53-43-35-27-19-7)88-70-54-44-36-28-20-8/h103-106H,13-102H2,1-12H3,(H,115,119)(H,116,120). The van der Waals surface area contributed by atoms with Crippen molar-refractivity contribution in [1.82, 2.24) is 20.4 Å². The fourth-order valence-electron chi connectivity index (χ4n) is 18.5. The number of carbonyl (C=O) groups is 6. The van der Waals surface area contributed by atoms with Gasteiger partial charge in [-0.1, -0.05) is 389 Å². The zero-order chi connectivity index (χ0) is 93.8. The number of esters is 4. The minimum atomic E-state index is -0.510. The van der Waals surface area contributed by atoms with E-state index >= 15 is 0 Å². The van der Waals surface area contributed by atoms with Gasteiger partial charge in [0.2, 0.25) is 11.8 Å². The monoisotopic (exact) mass is 1810 g/mol. The normalized spacial score (nSPS) is 12.0. The zero-order valence-electron chi connectivity index (χ0n) is 87.9. The molecule has 0 radical (unpaired) electrons. The van der Waals surface area contributed by atoms with E-state index in [1.165, 1.54) is 257 Å². The van der Waals surface area contributed by atoms with Crippen molar-refractivity contribution in [2.45, 2.75) is 634 Å². The fourth-order valence-corrected chi connectivity index (χ4v) is 18.5. The topological polar surface area (TPSA) is 170 Å². The van der Waals surface area contributed by atoms with E-state index < -0.39 is 10.8 Å². The summed E-state index contributed by atoms with van der Waals surface area (Å²) in [7, 11) is 0. The van der Waals surface area contributed by atoms with Gasteiger partial charge in [-0.2, -0.15) is 0 Å². The largest absolute Gasteiger partial charge is 0.462 e. The first kappa shape index (κ1) is 125. The smallest absolute Gasteiger partial charge is 0.311 e. The summed E-state index contributed by atoms with van der Waals surface area (Å²) < 4.78 is 25.2. The molecule has 0 unspecified atom stereocenters. The van der Waals surface area contributed by atoms with Crippen molar-refractivity contribution in [2.75, 3.05) is 52.4 Å². The lowest BCUT2D eigenvalue weighted by Crippen LogP contribution is -2.33. The molecule has 0 saturated carbocycles. The SMILES string of the molecule is CCCCCCCCC(CCCCCCCC)OC(=O)CCCCCCCN(CCCCCCCC(=O)OC(CCCCCCCC)CCCCCCCC)CCCNC(=O)CCC(=O)NCCCN(CCCCCCC(C)(C)C(=O)OC(CCCCCCCC)CCCCCCCC)CCCCCCC(C)(C)C(=O)OC(CCCCCCCC)CCCCCCCC. The lowest BCUT2D eigenvalue weighted by atomic mass is 9.86. The first-order valence-electron chi connectivity index (χ1n) is 57.1. The number of unbranched alkanes of at least 4 members (excludes halogenated alkanes) is 54. The number of ether oxygens (including phenoxy) is 4. The van der Waals surface area contributed by atoms with Gasteiger partial charge in [0.1, 0.15) is 24.4 Å². The Bertz CT molecular complexity index is 2220. The van der Waals surface area contributed by atoms with Crippen LogP contribution >= 0.6 is 0 Å². The minimum absolute atomic E-state index is 0.00731. The summed E-state index contributed by atoms with van der Waals surface area (Å²) in [6.45, 7) is 33.5. The third kappa shape index (κ3) is 83.3. The molecule has 0 aliphatic heterocycles. The van der Waals surface area contributed by atoms with Gasteiger partial charge in [-0.05, 0) is 234 Å². The maximum absolute atomic E-state index is 13.9. The van der Waals surface area contributed by atoms with Crippen LogP contribution in [-0.4, -0.2) is 122 Å². The van der Waals surface area contributed by atoms with E-state index in [9.17, 15) is 28.8 Å². The number of nitrogens with one attached hydrogen (secondary N) is 2. The molecule has 0 rings (SSSR count). The molecule has 0 fully saturated rings. The average Bonchev–Trinajstić information content (AvgIpc) is 0.874. The van der Waals surface area contributed by atoms with Crippen LogP contribution in [0, 0.1) is 10.8 Å². The van der Waals surface area contributed by atoms with Crippen LogP contribution in [0.4, 0.5) is 0 Å². The lowest BCUT2D eigenvalue weighted by molar-refractivity contribution is -0.161. The molecule has 0 aromatic heterocycles. The van der Waals surface area contributed by atoms with Crippen molar-refractivity contribution in [3.05, 3.63) is 0 Å². The third-order valence-corrected chi connectivity index (χ3v) is 27.6. The summed E-state index contributed by atoms with van der Waals surface area (Å²) in [6.07, 6.45) is 92.0. The Labute approximate surface area is 796 Å². The molecule has 0 aliphatic rings. The van der Waals surface area contributed by atoms with E-state index in [-0.39, 0.29) is 72.9 Å². The molecule has 0 spiro atoms. The molecule has 2 amide bonds. The van der Waals surface area contributed by atoms with Crippen LogP contribution in [0.1, 0.15) is 610 Å². The highest BCUT2D eigenvalue weighted by atomic mass is 16.6. The number of rotatable bonds is 103. The van der Waals surface area contributed by atoms with Crippen molar-refractivity contribution in [3.8, 4) is 0 Å². The second kappa shape index (κ2) is 94.1. The second-order valence-corrected chi connectivity index (χ2v) is 41.5. The summed E-state index contributed by atoms with van der Waals surface area (Å²) in [6, 6.07) is 0. The van der Waals surface area contributed by atoms with Crippen molar-refractivity contribution in [1.29, 1.82) is 0 Å². The van der Waals surface area contributed by atoms with E-state index in [1.54, 1.807) is 0 Å². The van der Waals surface area contributed by atoms with Gasteiger partial charge < -0.3 is 39.4 Å². The number of carbonyl (C=O) groups excluding carboxylic acids is 6. The number of amides is 2. The van der Waals surface area contributed by atoms with E-state index in [1.807, 2.05) is 0 Å². The molecule has 14 nitrogen and oxygen atoms in total. The van der Waals surface area contributed by atoms with Gasteiger partial charge in [0.05, 0.1) is 10.8 Å². The lowest BCUT2D eigenvalue weighted by Gasteiger charge is -2.27. The predicted octanol–water partition coefficient (Wildman–Crippen LogP) is 33.7. The number of hydrogen-bond donors (Lipinski definition) is 2. The average molecular weight is 1810 g/mol. The highest BCUT2D eigenvalue weighted by molar-refractivity contribution is 5.83. The molecule has 0 saturated heterocycles. The van der Waals surface area contributed by atoms with E-state index in [2.05, 4.69) is 104 Å². The molecule has 128 heavy (non-hydrogen) atoms. The van der Waals surface area contributed by atoms with E-state index in [4.69, 9.17) is 18.9 Å². The summed E-state index contributed by atoms with van der Waals surface area (Å²) in [5.74, 6) is -0.207. The van der Waals surface area contributed by atoms with Crippen molar-refractivity contribution < 1.29 is 47.7 Å². The van der Waals surface area contributed by atoms with Crippen LogP contribution in [0.5, 0.6) is 0 Å². The van der Waals surface area contributed by atoms with Gasteiger partial charge in [-0.3, -0.25) is 28.8 Å². The van der Waals surface area contributed by atoms with Crippen LogP contribution in [0.15, 0.2) is 0 Å². The molecule has 0 bridgehead atoms. The van der Waals surface area contributed by atoms with Crippen molar-refractivity contribution >= 4 is 35.7 Å². The van der Waals surface area contributed by atoms with Crippen molar-refractivity contribution in [3.63, 3.8) is 0 Å². The van der Waals surface area contributed by atoms with Crippen LogP contribution in [0.25, 0.3) is 0 Å². The molecular weight excluding hydrogens is 1590 g/mol. The Hall–Kier alpha value is -3.26. The van der Waals surface area contributed by atoms with Gasteiger partial charge in [-0.15, -0.1) is 0 Å². The van der Waals surface area contributed by atoms with Gasteiger partial charge >= 0.3 is 23.9 Å². The van der Waals surface area contributed by atoms with Crippen LogP contribution in [0.2, 0.25) is 0 Å². The Morgan fingerprint density at radius 2 is 0.391 bits per heavy atom. The third-order valence-electron chi connectivity index (χ3n) is 27.6. The Balaban J connectivity index is 5.89. The zero-order valence-corrected chi connectivity index (χ0v) is 87.9. The highest BCUT2D eigenvalue weighted by Gasteiger charge is 2.33. The maximum Gasteiger partial charge on any atom is 0.311 e. The fraction of sp³-hybridized carbons (Fsp3) is 0.947. The number of hydrogen-bond acceptors (Lipinski definition) is 12. The van der Waals surface area contributed by atoms with Crippen LogP contribution < -0.4 is 10.6 Å². The summed E-state index contributed by atoms with van der Waals surface area (Å²) in [4.78, 5) is 86.1. The molecule has 0 heterocycles. The Kier molecular flexibility index (Phi) is 91.7. The molecule has 14 heteroatoms. The summed E-state index contributed by atoms with van der Waals surface area (Å²) >= 11 is 0. The maximum atomic E-state index is 13.9. The summed E-state index contributed by atoms with van der Waals surface area (Å²) in [5, 5.41) is 6.32.